The van der Waals surface area contributed by atoms with Crippen molar-refractivity contribution >= 4 is 5.91 Å². The monoisotopic (exact) mass is 183 g/mol. The molecule has 6 nitrogen and oxygen atoms in total. The van der Waals surface area contributed by atoms with Crippen molar-refractivity contribution in [2.75, 3.05) is 13.6 Å². The number of rotatable bonds is 4. The number of amides is 1. The summed E-state index contributed by atoms with van der Waals surface area (Å²) < 4.78 is 1.62. The molecule has 1 aromatic heterocycles. The van der Waals surface area contributed by atoms with Crippen molar-refractivity contribution < 1.29 is 4.79 Å². The van der Waals surface area contributed by atoms with Gasteiger partial charge in [-0.1, -0.05) is 0 Å². The molecule has 1 rings (SSSR count). The van der Waals surface area contributed by atoms with Gasteiger partial charge in [-0.2, -0.15) is 5.10 Å². The molecule has 1 aromatic rings. The van der Waals surface area contributed by atoms with E-state index in [0.717, 1.165) is 0 Å². The highest BCUT2D eigenvalue weighted by atomic mass is 16.1. The lowest BCUT2D eigenvalue weighted by molar-refractivity contribution is -0.119. The molecule has 0 aliphatic heterocycles. The maximum Gasteiger partial charge on any atom is 0.233 e. The second kappa shape index (κ2) is 4.56. The summed E-state index contributed by atoms with van der Waals surface area (Å²) in [6.45, 7) is 0.795. The molecule has 0 fully saturated rings. The van der Waals surface area contributed by atoms with E-state index in [0.29, 0.717) is 12.4 Å². The maximum absolute atomic E-state index is 10.8. The molecule has 1 amide bonds. The zero-order chi connectivity index (χ0) is 9.68. The standard InChI is InChI=1S/C7H13N5O/c1-8-7(13)4-9-3-6-10-5-12(2)11-6/h5,9H,3-4H2,1-2H3,(H,8,13). The van der Waals surface area contributed by atoms with Crippen molar-refractivity contribution in [3.05, 3.63) is 12.2 Å². The molecular formula is C7H13N5O. The fraction of sp³-hybridized carbons (Fsp3) is 0.571. The summed E-state index contributed by atoms with van der Waals surface area (Å²) in [5.41, 5.74) is 0. The van der Waals surface area contributed by atoms with Gasteiger partial charge in [0.05, 0.1) is 13.1 Å². The van der Waals surface area contributed by atoms with Crippen LogP contribution >= 0.6 is 0 Å². The van der Waals surface area contributed by atoms with Crippen LogP contribution in [-0.4, -0.2) is 34.3 Å². The quantitative estimate of drug-likeness (QED) is 0.605. The van der Waals surface area contributed by atoms with Crippen LogP contribution in [0.25, 0.3) is 0 Å². The van der Waals surface area contributed by atoms with Gasteiger partial charge < -0.3 is 10.6 Å². The van der Waals surface area contributed by atoms with Crippen LogP contribution in [0.5, 0.6) is 0 Å². The first-order valence-corrected chi connectivity index (χ1v) is 3.98. The van der Waals surface area contributed by atoms with Gasteiger partial charge in [0.25, 0.3) is 0 Å². The van der Waals surface area contributed by atoms with Crippen molar-refractivity contribution in [1.82, 2.24) is 25.4 Å². The molecule has 0 spiro atoms. The van der Waals surface area contributed by atoms with Crippen molar-refractivity contribution in [3.63, 3.8) is 0 Å². The molecular weight excluding hydrogens is 170 g/mol. The number of hydrogen-bond donors (Lipinski definition) is 2. The predicted octanol–water partition coefficient (Wildman–Crippen LogP) is -1.35. The molecule has 0 saturated heterocycles. The zero-order valence-electron chi connectivity index (χ0n) is 7.74. The molecule has 72 valence electrons. The van der Waals surface area contributed by atoms with Gasteiger partial charge in [-0.05, 0) is 0 Å². The molecule has 13 heavy (non-hydrogen) atoms. The third-order valence-electron chi connectivity index (χ3n) is 1.49. The van der Waals surface area contributed by atoms with Gasteiger partial charge in [0.1, 0.15) is 6.33 Å². The van der Waals surface area contributed by atoms with Crippen LogP contribution in [0.4, 0.5) is 0 Å². The highest BCUT2D eigenvalue weighted by molar-refractivity contribution is 5.77. The molecule has 0 atom stereocenters. The fourth-order valence-electron chi connectivity index (χ4n) is 0.841. The zero-order valence-corrected chi connectivity index (χ0v) is 7.74. The van der Waals surface area contributed by atoms with Gasteiger partial charge in [0.15, 0.2) is 5.82 Å². The van der Waals surface area contributed by atoms with E-state index in [1.54, 1.807) is 25.1 Å². The first-order valence-electron chi connectivity index (χ1n) is 3.98. The second-order valence-corrected chi connectivity index (χ2v) is 2.61. The van der Waals surface area contributed by atoms with Crippen molar-refractivity contribution in [1.29, 1.82) is 0 Å². The van der Waals surface area contributed by atoms with Crippen molar-refractivity contribution in [2.24, 2.45) is 7.05 Å². The summed E-state index contributed by atoms with van der Waals surface area (Å²) in [4.78, 5) is 14.8. The van der Waals surface area contributed by atoms with Crippen LogP contribution in [0.2, 0.25) is 0 Å². The third kappa shape index (κ3) is 3.20. The van der Waals surface area contributed by atoms with Crippen LogP contribution in [0.3, 0.4) is 0 Å². The van der Waals surface area contributed by atoms with E-state index < -0.39 is 0 Å². The number of aryl methyl sites for hydroxylation is 1. The minimum atomic E-state index is -0.0454. The van der Waals surface area contributed by atoms with Crippen LogP contribution in [0.15, 0.2) is 6.33 Å². The average Bonchev–Trinajstić information content (AvgIpc) is 2.51. The smallest absolute Gasteiger partial charge is 0.233 e. The largest absolute Gasteiger partial charge is 0.358 e. The number of carbonyl (C=O) groups excluding carboxylic acids is 1. The van der Waals surface area contributed by atoms with Crippen LogP contribution in [0.1, 0.15) is 5.82 Å². The molecule has 0 aromatic carbocycles. The van der Waals surface area contributed by atoms with Crippen molar-refractivity contribution in [2.45, 2.75) is 6.54 Å². The lowest BCUT2D eigenvalue weighted by Gasteiger charge is -1.99. The third-order valence-corrected chi connectivity index (χ3v) is 1.49. The van der Waals surface area contributed by atoms with E-state index in [1.165, 1.54) is 0 Å². The fourth-order valence-corrected chi connectivity index (χ4v) is 0.841. The number of carbonyl (C=O) groups is 1. The Labute approximate surface area is 76.3 Å². The molecule has 0 unspecified atom stereocenters. The van der Waals surface area contributed by atoms with E-state index in [2.05, 4.69) is 20.7 Å². The Morgan fingerprint density at radius 2 is 2.46 bits per heavy atom. The minimum Gasteiger partial charge on any atom is -0.358 e. The van der Waals surface area contributed by atoms with Gasteiger partial charge in [-0.15, -0.1) is 0 Å². The van der Waals surface area contributed by atoms with E-state index in [9.17, 15) is 4.79 Å². The van der Waals surface area contributed by atoms with Crippen LogP contribution in [-0.2, 0) is 18.4 Å². The summed E-state index contributed by atoms with van der Waals surface area (Å²) >= 11 is 0. The molecule has 0 radical (unpaired) electrons. The molecule has 2 N–H and O–H groups in total. The summed E-state index contributed by atoms with van der Waals surface area (Å²) in [6, 6.07) is 0. The molecule has 0 bridgehead atoms. The molecule has 0 saturated carbocycles. The van der Waals surface area contributed by atoms with Crippen molar-refractivity contribution in [3.8, 4) is 0 Å². The normalized spacial score (nSPS) is 10.0. The highest BCUT2D eigenvalue weighted by Gasteiger charge is 1.99. The Balaban J connectivity index is 2.24. The van der Waals surface area contributed by atoms with Gasteiger partial charge in [0.2, 0.25) is 5.91 Å². The van der Waals surface area contributed by atoms with Gasteiger partial charge >= 0.3 is 0 Å². The number of likely N-dealkylation sites (N-methyl/N-ethyl adjacent to an activating group) is 1. The maximum atomic E-state index is 10.8. The summed E-state index contributed by atoms with van der Waals surface area (Å²) in [5, 5.41) is 9.47. The van der Waals surface area contributed by atoms with Crippen LogP contribution in [0, 0.1) is 0 Å². The molecule has 0 aliphatic rings. The lowest BCUT2D eigenvalue weighted by Crippen LogP contribution is -2.31. The van der Waals surface area contributed by atoms with E-state index in [1.807, 2.05) is 0 Å². The summed E-state index contributed by atoms with van der Waals surface area (Å²) in [5.74, 6) is 0.641. The van der Waals surface area contributed by atoms with Gasteiger partial charge in [-0.25, -0.2) is 4.98 Å². The Bertz CT molecular complexity index is 282. The number of nitrogens with one attached hydrogen (secondary N) is 2. The van der Waals surface area contributed by atoms with E-state index in [4.69, 9.17) is 0 Å². The first-order chi connectivity index (χ1) is 6.22. The minimum absolute atomic E-state index is 0.0454. The predicted molar refractivity (Wildman–Crippen MR) is 46.8 cm³/mol. The SMILES string of the molecule is CNC(=O)CNCc1ncn(C)n1. The topological polar surface area (TPSA) is 71.8 Å². The number of aromatic nitrogens is 3. The molecule has 0 aliphatic carbocycles. The Morgan fingerprint density at radius 3 is 3.00 bits per heavy atom. The average molecular weight is 183 g/mol. The number of hydrogen-bond acceptors (Lipinski definition) is 4. The second-order valence-electron chi connectivity index (χ2n) is 2.61. The summed E-state index contributed by atoms with van der Waals surface area (Å²) in [7, 11) is 3.40. The number of nitrogens with zero attached hydrogens (tertiary/aromatic N) is 3. The summed E-state index contributed by atoms with van der Waals surface area (Å²) in [6.07, 6.45) is 1.62. The van der Waals surface area contributed by atoms with E-state index >= 15 is 0 Å². The van der Waals surface area contributed by atoms with Gasteiger partial charge in [0, 0.05) is 14.1 Å². The Morgan fingerprint density at radius 1 is 1.69 bits per heavy atom. The Kier molecular flexibility index (Phi) is 3.39. The first kappa shape index (κ1) is 9.66. The van der Waals surface area contributed by atoms with Gasteiger partial charge in [-0.3, -0.25) is 9.48 Å². The molecule has 1 heterocycles. The Hall–Kier alpha value is -1.43. The van der Waals surface area contributed by atoms with Crippen LogP contribution < -0.4 is 10.6 Å². The molecule has 6 heteroatoms. The van der Waals surface area contributed by atoms with E-state index in [-0.39, 0.29) is 12.5 Å². The highest BCUT2D eigenvalue weighted by Crippen LogP contribution is 1.85. The lowest BCUT2D eigenvalue weighted by atomic mass is 10.5.